The number of phenols is 1. The first-order chi connectivity index (χ1) is 12.0. The molecular weight excluding hydrogens is 336 g/mol. The molecular formula is C20H24O4S. The van der Waals surface area contributed by atoms with Crippen molar-refractivity contribution in [2.75, 3.05) is 12.4 Å². The van der Waals surface area contributed by atoms with E-state index in [4.69, 9.17) is 4.74 Å². The number of hydrogen-bond acceptors (Lipinski definition) is 4. The Hall–Kier alpha value is -2.14. The van der Waals surface area contributed by atoms with Crippen LogP contribution in [0.2, 0.25) is 0 Å². The summed E-state index contributed by atoms with van der Waals surface area (Å²) in [5.41, 5.74) is 0.986. The number of rotatable bonds is 9. The van der Waals surface area contributed by atoms with E-state index in [1.54, 1.807) is 12.1 Å². The van der Waals surface area contributed by atoms with E-state index in [1.807, 2.05) is 37.3 Å². The van der Waals surface area contributed by atoms with Crippen molar-refractivity contribution in [1.29, 1.82) is 0 Å². The molecule has 0 amide bonds. The summed E-state index contributed by atoms with van der Waals surface area (Å²) in [6.45, 7) is 3.85. The summed E-state index contributed by atoms with van der Waals surface area (Å²) in [5, 5.41) is 10.3. The molecule has 0 radical (unpaired) electrons. The Labute approximate surface area is 151 Å². The summed E-state index contributed by atoms with van der Waals surface area (Å²) < 4.78 is 18.0. The van der Waals surface area contributed by atoms with Crippen molar-refractivity contribution in [2.45, 2.75) is 38.0 Å². The van der Waals surface area contributed by atoms with Crippen LogP contribution in [0.3, 0.4) is 0 Å². The van der Waals surface area contributed by atoms with Crippen LogP contribution in [-0.4, -0.2) is 27.5 Å². The van der Waals surface area contributed by atoms with Crippen LogP contribution in [0, 0.1) is 0 Å². The molecule has 2 rings (SSSR count). The molecule has 0 fully saturated rings. The van der Waals surface area contributed by atoms with Crippen molar-refractivity contribution in [3.05, 3.63) is 53.6 Å². The average molecular weight is 360 g/mol. The molecule has 25 heavy (non-hydrogen) atoms. The Morgan fingerprint density at radius 3 is 2.52 bits per heavy atom. The third-order valence-electron chi connectivity index (χ3n) is 3.86. The summed E-state index contributed by atoms with van der Waals surface area (Å²) in [5.74, 6) is 0.958. The van der Waals surface area contributed by atoms with Gasteiger partial charge in [-0.1, -0.05) is 31.5 Å². The van der Waals surface area contributed by atoms with E-state index < -0.39 is 10.8 Å². The molecule has 2 aromatic carbocycles. The Morgan fingerprint density at radius 1 is 1.16 bits per heavy atom. The smallest absolute Gasteiger partial charge is 0.163 e. The van der Waals surface area contributed by atoms with Crippen molar-refractivity contribution >= 4 is 16.6 Å². The lowest BCUT2D eigenvalue weighted by atomic mass is 10.0. The van der Waals surface area contributed by atoms with Gasteiger partial charge in [-0.3, -0.25) is 9.00 Å². The zero-order valence-electron chi connectivity index (χ0n) is 14.7. The number of aromatic hydroxyl groups is 1. The van der Waals surface area contributed by atoms with Crippen molar-refractivity contribution in [3.63, 3.8) is 0 Å². The molecule has 0 aliphatic carbocycles. The number of benzene rings is 2. The van der Waals surface area contributed by atoms with Gasteiger partial charge >= 0.3 is 0 Å². The molecule has 0 bridgehead atoms. The van der Waals surface area contributed by atoms with E-state index in [0.717, 1.165) is 11.3 Å². The normalized spacial score (nSPS) is 11.9. The molecule has 134 valence electrons. The second-order valence-electron chi connectivity index (χ2n) is 5.81. The number of carbonyl (C=O) groups excluding carboxylic acids is 1. The van der Waals surface area contributed by atoms with E-state index in [2.05, 4.69) is 0 Å². The van der Waals surface area contributed by atoms with Crippen LogP contribution in [0.1, 0.15) is 42.6 Å². The lowest BCUT2D eigenvalue weighted by Gasteiger charge is -2.14. The predicted octanol–water partition coefficient (Wildman–Crippen LogP) is 4.12. The highest BCUT2D eigenvalue weighted by atomic mass is 32.2. The predicted molar refractivity (Wildman–Crippen MR) is 99.9 cm³/mol. The van der Waals surface area contributed by atoms with Gasteiger partial charge in [-0.2, -0.15) is 0 Å². The largest absolute Gasteiger partial charge is 0.507 e. The van der Waals surface area contributed by atoms with Gasteiger partial charge in [0.05, 0.1) is 23.0 Å². The lowest BCUT2D eigenvalue weighted by Crippen LogP contribution is -2.07. The van der Waals surface area contributed by atoms with E-state index in [-0.39, 0.29) is 11.5 Å². The molecule has 1 unspecified atom stereocenters. The van der Waals surface area contributed by atoms with Gasteiger partial charge in [0.15, 0.2) is 5.78 Å². The second-order valence-corrected chi connectivity index (χ2v) is 7.38. The SMILES string of the molecule is CCCc1c(OCCCS(=O)c2ccccc2)ccc(C(C)=O)c1O. The first-order valence-corrected chi connectivity index (χ1v) is 9.78. The van der Waals surface area contributed by atoms with Crippen molar-refractivity contribution in [3.8, 4) is 11.5 Å². The number of ketones is 1. The van der Waals surface area contributed by atoms with Gasteiger partial charge in [-0.25, -0.2) is 0 Å². The minimum Gasteiger partial charge on any atom is -0.507 e. The molecule has 0 saturated heterocycles. The number of ether oxygens (including phenoxy) is 1. The van der Waals surface area contributed by atoms with E-state index >= 15 is 0 Å². The van der Waals surface area contributed by atoms with Gasteiger partial charge in [0.25, 0.3) is 0 Å². The summed E-state index contributed by atoms with van der Waals surface area (Å²) in [6.07, 6.45) is 2.11. The zero-order chi connectivity index (χ0) is 18.2. The van der Waals surface area contributed by atoms with Crippen LogP contribution in [0.15, 0.2) is 47.4 Å². The maximum atomic E-state index is 12.2. The highest BCUT2D eigenvalue weighted by Gasteiger charge is 2.15. The van der Waals surface area contributed by atoms with Crippen molar-refractivity contribution in [1.82, 2.24) is 0 Å². The average Bonchev–Trinajstić information content (AvgIpc) is 2.61. The summed E-state index contributed by atoms with van der Waals surface area (Å²) in [4.78, 5) is 12.4. The molecule has 5 heteroatoms. The molecule has 0 aromatic heterocycles. The molecule has 0 aliphatic rings. The Bertz CT molecular complexity index is 741. The van der Waals surface area contributed by atoms with Gasteiger partial charge in [0.2, 0.25) is 0 Å². The Balaban J connectivity index is 1.97. The fourth-order valence-corrected chi connectivity index (χ4v) is 3.67. The van der Waals surface area contributed by atoms with Crippen LogP contribution in [0.5, 0.6) is 11.5 Å². The molecule has 4 nitrogen and oxygen atoms in total. The number of phenolic OH excluding ortho intramolecular Hbond substituents is 1. The molecule has 1 atom stereocenters. The first kappa shape index (κ1) is 19.2. The lowest BCUT2D eigenvalue weighted by molar-refractivity contribution is 0.101. The number of hydrogen-bond donors (Lipinski definition) is 1. The fraction of sp³-hybridized carbons (Fsp3) is 0.350. The molecule has 0 spiro atoms. The molecule has 0 aliphatic heterocycles. The summed E-state index contributed by atoms with van der Waals surface area (Å²) >= 11 is 0. The monoisotopic (exact) mass is 360 g/mol. The van der Waals surface area contributed by atoms with E-state index in [0.29, 0.717) is 42.1 Å². The van der Waals surface area contributed by atoms with E-state index in [1.165, 1.54) is 6.92 Å². The molecule has 0 saturated carbocycles. The van der Waals surface area contributed by atoms with Gasteiger partial charge in [0, 0.05) is 16.2 Å². The third-order valence-corrected chi connectivity index (χ3v) is 5.31. The van der Waals surface area contributed by atoms with Crippen LogP contribution in [-0.2, 0) is 17.2 Å². The van der Waals surface area contributed by atoms with Crippen LogP contribution >= 0.6 is 0 Å². The zero-order valence-corrected chi connectivity index (χ0v) is 15.5. The summed E-state index contributed by atoms with van der Waals surface area (Å²) in [6, 6.07) is 12.7. The highest BCUT2D eigenvalue weighted by Crippen LogP contribution is 2.33. The van der Waals surface area contributed by atoms with Crippen molar-refractivity contribution in [2.24, 2.45) is 0 Å². The standard InChI is InChI=1S/C20H24O4S/c1-3-8-18-19(12-11-17(15(2)21)20(18)22)24-13-7-14-25(23)16-9-5-4-6-10-16/h4-6,9-12,22H,3,7-8,13-14H2,1-2H3. The van der Waals surface area contributed by atoms with Gasteiger partial charge in [-0.05, 0) is 44.0 Å². The number of Topliss-reactive ketones (excluding diaryl/α,β-unsaturated/α-hetero) is 1. The van der Waals surface area contributed by atoms with Gasteiger partial charge in [0.1, 0.15) is 11.5 Å². The van der Waals surface area contributed by atoms with Crippen LogP contribution in [0.4, 0.5) is 0 Å². The van der Waals surface area contributed by atoms with E-state index in [9.17, 15) is 14.1 Å². The Kier molecular flexibility index (Phi) is 7.19. The molecule has 0 heterocycles. The van der Waals surface area contributed by atoms with Gasteiger partial charge in [-0.15, -0.1) is 0 Å². The first-order valence-electron chi connectivity index (χ1n) is 8.46. The molecule has 1 N–H and O–H groups in total. The minimum atomic E-state index is -1.04. The Morgan fingerprint density at radius 2 is 1.88 bits per heavy atom. The minimum absolute atomic E-state index is 0.0136. The number of carbonyl (C=O) groups is 1. The maximum absolute atomic E-state index is 12.2. The van der Waals surface area contributed by atoms with Gasteiger partial charge < -0.3 is 9.84 Å². The fourth-order valence-electron chi connectivity index (χ4n) is 2.59. The highest BCUT2D eigenvalue weighted by molar-refractivity contribution is 7.85. The van der Waals surface area contributed by atoms with Crippen LogP contribution in [0.25, 0.3) is 0 Å². The second kappa shape index (κ2) is 9.37. The van der Waals surface area contributed by atoms with Crippen molar-refractivity contribution < 1.29 is 18.8 Å². The van der Waals surface area contributed by atoms with Crippen LogP contribution < -0.4 is 4.74 Å². The topological polar surface area (TPSA) is 63.6 Å². The quantitative estimate of drug-likeness (QED) is 0.540. The summed E-state index contributed by atoms with van der Waals surface area (Å²) in [7, 11) is -1.04. The third kappa shape index (κ3) is 5.16. The maximum Gasteiger partial charge on any atom is 0.163 e. The molecule has 2 aromatic rings.